The maximum Gasteiger partial charge on any atom is 0.109 e. The first-order valence-corrected chi connectivity index (χ1v) is 4.89. The van der Waals surface area contributed by atoms with Crippen LogP contribution in [-0.4, -0.2) is 6.10 Å². The molecule has 1 aliphatic rings. The number of hydrogen-bond donors (Lipinski definition) is 0. The fraction of sp³-hybridized carbons (Fsp3) is 0.400. The molecule has 0 radical (unpaired) electrons. The summed E-state index contributed by atoms with van der Waals surface area (Å²) in [5.41, 5.74) is 2.63. The average molecular weight is 227 g/mol. The zero-order valence-electron chi connectivity index (χ0n) is 7.17. The predicted molar refractivity (Wildman–Crippen MR) is 52.2 cm³/mol. The van der Waals surface area contributed by atoms with E-state index in [-0.39, 0.29) is 0 Å². The molecule has 0 aliphatic carbocycles. The van der Waals surface area contributed by atoms with Crippen LogP contribution in [0.3, 0.4) is 0 Å². The zero-order chi connectivity index (χ0) is 8.72. The summed E-state index contributed by atoms with van der Waals surface area (Å²) in [5, 5.41) is 0. The van der Waals surface area contributed by atoms with E-state index in [4.69, 9.17) is 4.74 Å². The minimum atomic E-state index is 0.336. The molecule has 0 aromatic heterocycles. The molecule has 1 saturated heterocycles. The van der Waals surface area contributed by atoms with E-state index in [1.807, 2.05) is 0 Å². The number of ether oxygens (including phenoxy) is 1. The summed E-state index contributed by atoms with van der Waals surface area (Å²) in [6.45, 7) is 4.22. The fourth-order valence-electron chi connectivity index (χ4n) is 1.43. The van der Waals surface area contributed by atoms with Crippen LogP contribution >= 0.6 is 15.9 Å². The van der Waals surface area contributed by atoms with Crippen LogP contribution in [-0.2, 0) is 4.74 Å². The van der Waals surface area contributed by atoms with Crippen molar-refractivity contribution in [3.05, 3.63) is 33.8 Å². The number of aryl methyl sites for hydroxylation is 1. The Morgan fingerprint density at radius 1 is 1.42 bits per heavy atom. The Morgan fingerprint density at radius 2 is 2.08 bits per heavy atom. The van der Waals surface area contributed by atoms with Crippen molar-refractivity contribution in [2.45, 2.75) is 26.1 Å². The van der Waals surface area contributed by atoms with Gasteiger partial charge in [-0.1, -0.05) is 22.0 Å². The van der Waals surface area contributed by atoms with Gasteiger partial charge in [-0.15, -0.1) is 0 Å². The van der Waals surface area contributed by atoms with E-state index in [0.29, 0.717) is 12.2 Å². The molecule has 1 aromatic rings. The summed E-state index contributed by atoms with van der Waals surface area (Å²) in [4.78, 5) is 0. The summed E-state index contributed by atoms with van der Waals surface area (Å²) in [5.74, 6) is 0. The molecule has 0 bridgehead atoms. The van der Waals surface area contributed by atoms with Crippen molar-refractivity contribution in [1.82, 2.24) is 0 Å². The van der Waals surface area contributed by atoms with Gasteiger partial charge in [0.25, 0.3) is 0 Å². The third-order valence-electron chi connectivity index (χ3n) is 2.26. The highest BCUT2D eigenvalue weighted by Crippen LogP contribution is 2.40. The van der Waals surface area contributed by atoms with Crippen molar-refractivity contribution in [1.29, 1.82) is 0 Å². The molecular formula is C10H11BrO. The summed E-state index contributed by atoms with van der Waals surface area (Å²) in [6, 6.07) is 6.32. The Bertz CT molecular complexity index is 309. The van der Waals surface area contributed by atoms with Gasteiger partial charge >= 0.3 is 0 Å². The Labute approximate surface area is 80.9 Å². The molecule has 1 fully saturated rings. The summed E-state index contributed by atoms with van der Waals surface area (Å²) < 4.78 is 6.55. The molecule has 0 amide bonds. The molecule has 2 heteroatoms. The fourth-order valence-corrected chi connectivity index (χ4v) is 1.81. The maximum atomic E-state index is 5.42. The lowest BCUT2D eigenvalue weighted by atomic mass is 10.0. The van der Waals surface area contributed by atoms with Crippen LogP contribution in [0.2, 0.25) is 0 Å². The average Bonchev–Trinajstić information content (AvgIpc) is 2.73. The van der Waals surface area contributed by atoms with Crippen LogP contribution in [0.5, 0.6) is 0 Å². The molecule has 12 heavy (non-hydrogen) atoms. The molecular weight excluding hydrogens is 216 g/mol. The van der Waals surface area contributed by atoms with Gasteiger partial charge in [-0.25, -0.2) is 0 Å². The number of rotatable bonds is 1. The first kappa shape index (κ1) is 8.27. The first-order chi connectivity index (χ1) is 5.68. The Balaban J connectivity index is 2.36. The highest BCUT2D eigenvalue weighted by Gasteiger charge is 2.36. The van der Waals surface area contributed by atoms with Crippen molar-refractivity contribution in [3.8, 4) is 0 Å². The van der Waals surface area contributed by atoms with Gasteiger partial charge in [0.2, 0.25) is 0 Å². The van der Waals surface area contributed by atoms with Crippen molar-refractivity contribution in [2.75, 3.05) is 0 Å². The van der Waals surface area contributed by atoms with Crippen LogP contribution in [0.25, 0.3) is 0 Å². The normalized spacial score (nSPS) is 27.2. The van der Waals surface area contributed by atoms with Crippen LogP contribution in [0, 0.1) is 6.92 Å². The highest BCUT2D eigenvalue weighted by molar-refractivity contribution is 9.10. The number of epoxide rings is 1. The molecule has 1 aromatic carbocycles. The second kappa shape index (κ2) is 2.86. The zero-order valence-corrected chi connectivity index (χ0v) is 8.76. The monoisotopic (exact) mass is 226 g/mol. The van der Waals surface area contributed by atoms with Gasteiger partial charge in [-0.3, -0.25) is 0 Å². The summed E-state index contributed by atoms with van der Waals surface area (Å²) in [7, 11) is 0. The van der Waals surface area contributed by atoms with Crippen molar-refractivity contribution in [2.24, 2.45) is 0 Å². The van der Waals surface area contributed by atoms with E-state index in [2.05, 4.69) is 48.0 Å². The van der Waals surface area contributed by atoms with E-state index < -0.39 is 0 Å². The van der Waals surface area contributed by atoms with Gasteiger partial charge in [0.1, 0.15) is 6.10 Å². The molecule has 64 valence electrons. The second-order valence-corrected chi connectivity index (χ2v) is 4.18. The lowest BCUT2D eigenvalue weighted by Crippen LogP contribution is -1.88. The third kappa shape index (κ3) is 1.41. The maximum absolute atomic E-state index is 5.42. The molecule has 2 unspecified atom stereocenters. The lowest BCUT2D eigenvalue weighted by molar-refractivity contribution is 0.382. The molecule has 1 aliphatic heterocycles. The first-order valence-electron chi connectivity index (χ1n) is 4.10. The van der Waals surface area contributed by atoms with Crippen LogP contribution in [0.4, 0.5) is 0 Å². The molecule has 1 nitrogen and oxygen atoms in total. The van der Waals surface area contributed by atoms with Crippen LogP contribution in [0.15, 0.2) is 22.7 Å². The van der Waals surface area contributed by atoms with Gasteiger partial charge in [0.05, 0.1) is 6.10 Å². The minimum absolute atomic E-state index is 0.336. The van der Waals surface area contributed by atoms with E-state index in [9.17, 15) is 0 Å². The Hall–Kier alpha value is -0.340. The number of halogens is 1. The van der Waals surface area contributed by atoms with E-state index in [0.717, 1.165) is 4.47 Å². The molecule has 1 heterocycles. The summed E-state index contributed by atoms with van der Waals surface area (Å²) in [6.07, 6.45) is 0.737. The second-order valence-electron chi connectivity index (χ2n) is 3.26. The largest absolute Gasteiger partial charge is 0.365 e. The third-order valence-corrected chi connectivity index (χ3v) is 2.75. The standard InChI is InChI=1S/C10H11BrO/c1-6-3-4-8(11)5-9(6)10-7(2)12-10/h3-5,7,10H,1-2H3. The molecule has 0 spiro atoms. The molecule has 2 atom stereocenters. The van der Waals surface area contributed by atoms with Crippen molar-refractivity contribution < 1.29 is 4.74 Å². The Kier molecular flexibility index (Phi) is 1.97. The smallest absolute Gasteiger partial charge is 0.109 e. The quantitative estimate of drug-likeness (QED) is 0.671. The highest BCUT2D eigenvalue weighted by atomic mass is 79.9. The Morgan fingerprint density at radius 3 is 2.67 bits per heavy atom. The van der Waals surface area contributed by atoms with Gasteiger partial charge < -0.3 is 4.74 Å². The van der Waals surface area contributed by atoms with Gasteiger partial charge in [-0.2, -0.15) is 0 Å². The molecule has 2 rings (SSSR count). The van der Waals surface area contributed by atoms with Crippen molar-refractivity contribution in [3.63, 3.8) is 0 Å². The van der Waals surface area contributed by atoms with Gasteiger partial charge in [-0.05, 0) is 37.1 Å². The minimum Gasteiger partial charge on any atom is -0.365 e. The topological polar surface area (TPSA) is 12.5 Å². The van der Waals surface area contributed by atoms with Crippen LogP contribution < -0.4 is 0 Å². The SMILES string of the molecule is Cc1ccc(Br)cc1C1OC1C. The van der Waals surface area contributed by atoms with E-state index in [1.165, 1.54) is 11.1 Å². The van der Waals surface area contributed by atoms with Gasteiger partial charge in [0, 0.05) is 4.47 Å². The molecule has 0 N–H and O–H groups in total. The lowest BCUT2D eigenvalue weighted by Gasteiger charge is -2.01. The van der Waals surface area contributed by atoms with Gasteiger partial charge in [0.15, 0.2) is 0 Å². The predicted octanol–water partition coefficient (Wildman–Crippen LogP) is 3.22. The summed E-state index contributed by atoms with van der Waals surface area (Å²) >= 11 is 3.46. The molecule has 0 saturated carbocycles. The number of benzene rings is 1. The van der Waals surface area contributed by atoms with E-state index in [1.54, 1.807) is 0 Å². The van der Waals surface area contributed by atoms with Crippen LogP contribution in [0.1, 0.15) is 24.2 Å². The number of hydrogen-bond acceptors (Lipinski definition) is 1. The van der Waals surface area contributed by atoms with E-state index >= 15 is 0 Å². The van der Waals surface area contributed by atoms with Crippen molar-refractivity contribution >= 4 is 15.9 Å².